The van der Waals surface area contributed by atoms with E-state index in [1.54, 1.807) is 13.8 Å². The van der Waals surface area contributed by atoms with Crippen LogP contribution in [-0.4, -0.2) is 30.4 Å². The van der Waals surface area contributed by atoms with Gasteiger partial charge in [0.25, 0.3) is 0 Å². The van der Waals surface area contributed by atoms with Crippen molar-refractivity contribution in [3.05, 3.63) is 46.3 Å². The van der Waals surface area contributed by atoms with Crippen LogP contribution in [0.2, 0.25) is 0 Å². The Bertz CT molecular complexity index is 645. The van der Waals surface area contributed by atoms with Gasteiger partial charge >= 0.3 is 0 Å². The predicted molar refractivity (Wildman–Crippen MR) is 91.7 cm³/mol. The van der Waals surface area contributed by atoms with Crippen molar-refractivity contribution in [1.82, 2.24) is 10.6 Å². The quantitative estimate of drug-likeness (QED) is 0.329. The average molecular weight is 327 g/mol. The summed E-state index contributed by atoms with van der Waals surface area (Å²) in [4.78, 5) is 27.3. The highest BCUT2D eigenvalue weighted by Gasteiger charge is 2.26. The molecule has 7 heteroatoms. The van der Waals surface area contributed by atoms with Gasteiger partial charge < -0.3 is 10.6 Å². The fourth-order valence-corrected chi connectivity index (χ4v) is 2.12. The Labute approximate surface area is 141 Å². The molecule has 24 heavy (non-hydrogen) atoms. The first-order chi connectivity index (χ1) is 11.5. The van der Waals surface area contributed by atoms with Crippen LogP contribution in [0.5, 0.6) is 0 Å². The van der Waals surface area contributed by atoms with E-state index in [4.69, 9.17) is 12.0 Å². The Hall–Kier alpha value is -2.97. The number of amides is 2. The molecule has 0 bridgehead atoms. The maximum Gasteiger partial charge on any atom is 0.243 e. The number of carbonyl (C=O) groups excluding carboxylic acids is 2. The summed E-state index contributed by atoms with van der Waals surface area (Å²) in [6, 6.07) is 7.61. The maximum atomic E-state index is 12.4. The third kappa shape index (κ3) is 6.03. The number of azide groups is 1. The minimum absolute atomic E-state index is 0.0734. The Morgan fingerprint density at radius 2 is 1.96 bits per heavy atom. The van der Waals surface area contributed by atoms with Crippen LogP contribution in [0.15, 0.2) is 35.4 Å². The molecule has 0 saturated heterocycles. The average Bonchev–Trinajstić information content (AvgIpc) is 2.57. The van der Waals surface area contributed by atoms with Crippen molar-refractivity contribution >= 4 is 11.8 Å². The molecule has 0 spiro atoms. The van der Waals surface area contributed by atoms with Crippen LogP contribution in [0.3, 0.4) is 0 Å². The van der Waals surface area contributed by atoms with Crippen LogP contribution >= 0.6 is 0 Å². The number of hydrogen-bond acceptors (Lipinski definition) is 3. The highest BCUT2D eigenvalue weighted by Crippen LogP contribution is 2.09. The van der Waals surface area contributed by atoms with Crippen molar-refractivity contribution in [1.29, 1.82) is 0 Å². The summed E-state index contributed by atoms with van der Waals surface area (Å²) < 4.78 is 0. The summed E-state index contributed by atoms with van der Waals surface area (Å²) >= 11 is 0. The molecular weight excluding hydrogens is 306 g/mol. The SMILES string of the molecule is C#CCNC(=O)[C@H](Cc1ccccc1)NC(=O)[C@@H](N=[N+]=[N-])C(C)C. The Morgan fingerprint density at radius 1 is 1.29 bits per heavy atom. The van der Waals surface area contributed by atoms with Gasteiger partial charge in [0.15, 0.2) is 0 Å². The van der Waals surface area contributed by atoms with Gasteiger partial charge in [-0.15, -0.1) is 6.42 Å². The smallest absolute Gasteiger partial charge is 0.243 e. The van der Waals surface area contributed by atoms with E-state index >= 15 is 0 Å². The van der Waals surface area contributed by atoms with E-state index in [0.29, 0.717) is 6.42 Å². The van der Waals surface area contributed by atoms with E-state index in [0.717, 1.165) is 5.56 Å². The maximum absolute atomic E-state index is 12.4. The molecule has 0 fully saturated rings. The van der Waals surface area contributed by atoms with Gasteiger partial charge in [0.2, 0.25) is 11.8 Å². The molecule has 2 atom stereocenters. The lowest BCUT2D eigenvalue weighted by molar-refractivity contribution is -0.130. The number of carbonyl (C=O) groups is 2. The van der Waals surface area contributed by atoms with Crippen molar-refractivity contribution in [3.8, 4) is 12.3 Å². The number of benzene rings is 1. The van der Waals surface area contributed by atoms with E-state index in [9.17, 15) is 9.59 Å². The van der Waals surface area contributed by atoms with Gasteiger partial charge in [0.1, 0.15) is 12.1 Å². The van der Waals surface area contributed by atoms with E-state index in [1.165, 1.54) is 0 Å². The standard InChI is InChI=1S/C17H21N5O2/c1-4-10-19-16(23)14(11-13-8-6-5-7-9-13)20-17(24)15(12(2)3)21-22-18/h1,5-9,12,14-15H,10-11H2,2-3H3,(H,19,23)(H,20,24)/t14-,15-/m0/s1. The summed E-state index contributed by atoms with van der Waals surface area (Å²) in [6.45, 7) is 3.61. The first kappa shape index (κ1) is 19.1. The van der Waals surface area contributed by atoms with Crippen molar-refractivity contribution in [2.45, 2.75) is 32.4 Å². The molecule has 0 aromatic heterocycles. The van der Waals surface area contributed by atoms with Gasteiger partial charge in [-0.05, 0) is 17.0 Å². The van der Waals surface area contributed by atoms with Gasteiger partial charge in [-0.2, -0.15) is 0 Å². The molecule has 126 valence electrons. The number of rotatable bonds is 8. The van der Waals surface area contributed by atoms with Crippen molar-refractivity contribution in [2.75, 3.05) is 6.54 Å². The van der Waals surface area contributed by atoms with Gasteiger partial charge in [-0.3, -0.25) is 9.59 Å². The zero-order valence-corrected chi connectivity index (χ0v) is 13.8. The third-order valence-electron chi connectivity index (χ3n) is 3.36. The lowest BCUT2D eigenvalue weighted by Gasteiger charge is -2.21. The third-order valence-corrected chi connectivity index (χ3v) is 3.36. The molecule has 0 heterocycles. The Morgan fingerprint density at radius 3 is 2.50 bits per heavy atom. The topological polar surface area (TPSA) is 107 Å². The van der Waals surface area contributed by atoms with Crippen LogP contribution in [0, 0.1) is 18.3 Å². The molecule has 0 unspecified atom stereocenters. The lowest BCUT2D eigenvalue weighted by atomic mass is 10.0. The zero-order chi connectivity index (χ0) is 17.9. The molecule has 1 aromatic rings. The van der Waals surface area contributed by atoms with Crippen molar-refractivity contribution in [3.63, 3.8) is 0 Å². The molecule has 1 rings (SSSR count). The Balaban J connectivity index is 2.91. The number of nitrogens with zero attached hydrogens (tertiary/aromatic N) is 3. The van der Waals surface area contributed by atoms with Gasteiger partial charge in [-0.25, -0.2) is 0 Å². The van der Waals surface area contributed by atoms with E-state index in [2.05, 4.69) is 26.6 Å². The molecule has 0 aliphatic heterocycles. The summed E-state index contributed by atoms with van der Waals surface area (Å²) in [5.74, 6) is 1.27. The van der Waals surface area contributed by atoms with Gasteiger partial charge in [0, 0.05) is 11.3 Å². The van der Waals surface area contributed by atoms with E-state index in [-0.39, 0.29) is 18.4 Å². The van der Waals surface area contributed by atoms with Crippen molar-refractivity contribution < 1.29 is 9.59 Å². The first-order valence-electron chi connectivity index (χ1n) is 7.59. The van der Waals surface area contributed by atoms with Crippen LogP contribution < -0.4 is 10.6 Å². The summed E-state index contributed by atoms with van der Waals surface area (Å²) in [5.41, 5.74) is 9.50. The molecule has 0 aliphatic carbocycles. The van der Waals surface area contributed by atoms with Crippen LogP contribution in [0.25, 0.3) is 10.4 Å². The second-order valence-corrected chi connectivity index (χ2v) is 5.57. The molecule has 0 radical (unpaired) electrons. The summed E-state index contributed by atoms with van der Waals surface area (Å²) in [6.07, 6.45) is 5.46. The monoisotopic (exact) mass is 327 g/mol. The largest absolute Gasteiger partial charge is 0.344 e. The second kappa shape index (κ2) is 9.93. The minimum atomic E-state index is -0.881. The first-order valence-corrected chi connectivity index (χ1v) is 7.59. The second-order valence-electron chi connectivity index (χ2n) is 5.57. The highest BCUT2D eigenvalue weighted by molar-refractivity contribution is 5.90. The fraction of sp³-hybridized carbons (Fsp3) is 0.412. The lowest BCUT2D eigenvalue weighted by Crippen LogP contribution is -2.51. The highest BCUT2D eigenvalue weighted by atomic mass is 16.2. The molecule has 2 amide bonds. The molecule has 7 nitrogen and oxygen atoms in total. The van der Waals surface area contributed by atoms with E-state index in [1.807, 2.05) is 30.3 Å². The fourth-order valence-electron chi connectivity index (χ4n) is 2.12. The van der Waals surface area contributed by atoms with Crippen LogP contribution in [0.1, 0.15) is 19.4 Å². The number of terminal acetylenes is 1. The van der Waals surface area contributed by atoms with Gasteiger partial charge in [-0.1, -0.05) is 55.2 Å². The normalized spacial score (nSPS) is 12.4. The van der Waals surface area contributed by atoms with E-state index < -0.39 is 18.0 Å². The molecule has 2 N–H and O–H groups in total. The molecular formula is C17H21N5O2. The summed E-state index contributed by atoms with van der Waals surface area (Å²) in [7, 11) is 0. The van der Waals surface area contributed by atoms with Gasteiger partial charge in [0.05, 0.1) is 6.54 Å². The van der Waals surface area contributed by atoms with Crippen LogP contribution in [0.4, 0.5) is 0 Å². The molecule has 1 aromatic carbocycles. The number of nitrogens with one attached hydrogen (secondary N) is 2. The Kier molecular flexibility index (Phi) is 7.89. The predicted octanol–water partition coefficient (Wildman–Crippen LogP) is 1.80. The summed E-state index contributed by atoms with van der Waals surface area (Å²) in [5, 5.41) is 8.73. The zero-order valence-electron chi connectivity index (χ0n) is 13.8. The van der Waals surface area contributed by atoms with Crippen molar-refractivity contribution in [2.24, 2.45) is 11.0 Å². The minimum Gasteiger partial charge on any atom is -0.344 e. The molecule has 0 saturated carbocycles. The van der Waals surface area contributed by atoms with Crippen LogP contribution in [-0.2, 0) is 16.0 Å². The molecule has 0 aliphatic rings. The number of hydrogen-bond donors (Lipinski definition) is 2.